The van der Waals surface area contributed by atoms with E-state index in [1.165, 1.54) is 0 Å². The van der Waals surface area contributed by atoms with Gasteiger partial charge in [0.1, 0.15) is 17.3 Å². The molecule has 6 nitrogen and oxygen atoms in total. The van der Waals surface area contributed by atoms with Crippen LogP contribution in [0.4, 0.5) is 5.82 Å². The molecule has 0 aliphatic carbocycles. The molecule has 9 heteroatoms. The zero-order valence-electron chi connectivity index (χ0n) is 13.9. The van der Waals surface area contributed by atoms with Gasteiger partial charge >= 0.3 is 7.75 Å². The number of para-hydroxylation sites is 2. The predicted molar refractivity (Wildman–Crippen MR) is 113 cm³/mol. The topological polar surface area (TPSA) is 72.5 Å². The molecule has 2 N–H and O–H groups in total. The largest absolute Gasteiger partial charge is 0.543 e. The number of rotatable bonds is 6. The molecule has 27 heavy (non-hydrogen) atoms. The molecule has 0 saturated heterocycles. The van der Waals surface area contributed by atoms with E-state index in [-0.39, 0.29) is 5.11 Å². The number of nitrogens with zero attached hydrogens (tertiary/aromatic N) is 1. The van der Waals surface area contributed by atoms with E-state index in [0.29, 0.717) is 17.3 Å². The average Bonchev–Trinajstić information content (AvgIpc) is 2.65. The summed E-state index contributed by atoms with van der Waals surface area (Å²) in [6.07, 6.45) is 1.62. The molecule has 0 aliphatic heterocycles. The summed E-state index contributed by atoms with van der Waals surface area (Å²) < 4.78 is 25.3. The van der Waals surface area contributed by atoms with Crippen molar-refractivity contribution < 1.29 is 13.6 Å². The Kier molecular flexibility index (Phi) is 6.45. The van der Waals surface area contributed by atoms with E-state index in [9.17, 15) is 4.57 Å². The second-order valence-electron chi connectivity index (χ2n) is 5.23. The molecule has 0 spiro atoms. The van der Waals surface area contributed by atoms with Crippen molar-refractivity contribution in [3.8, 4) is 11.5 Å². The van der Waals surface area contributed by atoms with Crippen LogP contribution in [-0.2, 0) is 4.57 Å². The Morgan fingerprint density at radius 1 is 0.926 bits per heavy atom. The molecule has 0 radical (unpaired) electrons. The van der Waals surface area contributed by atoms with Gasteiger partial charge in [0, 0.05) is 10.7 Å². The lowest BCUT2D eigenvalue weighted by molar-refractivity contribution is 0.381. The van der Waals surface area contributed by atoms with Gasteiger partial charge in [0.2, 0.25) is 0 Å². The van der Waals surface area contributed by atoms with Gasteiger partial charge in [-0.1, -0.05) is 36.4 Å². The fraction of sp³-hybridized carbons (Fsp3) is 0. The number of pyridine rings is 1. The molecule has 0 fully saturated rings. The molecule has 2 aromatic carbocycles. The van der Waals surface area contributed by atoms with E-state index < -0.39 is 7.75 Å². The van der Waals surface area contributed by atoms with Gasteiger partial charge in [-0.05, 0) is 64.5 Å². The van der Waals surface area contributed by atoms with Crippen LogP contribution in [0.15, 0.2) is 83.5 Å². The Balaban J connectivity index is 1.77. The van der Waals surface area contributed by atoms with E-state index in [1.807, 2.05) is 12.1 Å². The van der Waals surface area contributed by atoms with Gasteiger partial charge < -0.3 is 14.4 Å². The first kappa shape index (κ1) is 19.4. The molecular formula is C18H15BrN3O3PS. The summed E-state index contributed by atoms with van der Waals surface area (Å²) in [5.41, 5.74) is 0. The number of thiocarbonyl (C=S) groups is 1. The van der Waals surface area contributed by atoms with E-state index in [4.69, 9.17) is 21.3 Å². The third-order valence-corrected chi connectivity index (χ3v) is 5.37. The number of hydrogen-bond donors (Lipinski definition) is 2. The molecule has 0 unspecified atom stereocenters. The van der Waals surface area contributed by atoms with Crippen molar-refractivity contribution >= 4 is 46.8 Å². The summed E-state index contributed by atoms with van der Waals surface area (Å²) in [4.78, 5) is 4.16. The average molecular weight is 464 g/mol. The molecule has 0 saturated carbocycles. The fourth-order valence-corrected chi connectivity index (χ4v) is 3.93. The van der Waals surface area contributed by atoms with Gasteiger partial charge in [-0.3, -0.25) is 0 Å². The van der Waals surface area contributed by atoms with Crippen molar-refractivity contribution in [1.29, 1.82) is 0 Å². The summed E-state index contributed by atoms with van der Waals surface area (Å²) in [5, 5.41) is 5.54. The zero-order chi connectivity index (χ0) is 19.1. The van der Waals surface area contributed by atoms with Gasteiger partial charge in [0.25, 0.3) is 0 Å². The van der Waals surface area contributed by atoms with E-state index in [2.05, 4.69) is 31.3 Å². The second kappa shape index (κ2) is 8.99. The van der Waals surface area contributed by atoms with E-state index in [1.54, 1.807) is 66.9 Å². The Hall–Kier alpha value is -2.41. The summed E-state index contributed by atoms with van der Waals surface area (Å²) >= 11 is 8.55. The highest BCUT2D eigenvalue weighted by Gasteiger charge is 2.30. The van der Waals surface area contributed by atoms with Gasteiger partial charge in [-0.25, -0.2) is 14.6 Å². The third-order valence-electron chi connectivity index (χ3n) is 3.15. The van der Waals surface area contributed by atoms with E-state index >= 15 is 0 Å². The molecule has 1 heterocycles. The van der Waals surface area contributed by atoms with Crippen molar-refractivity contribution in [1.82, 2.24) is 10.1 Å². The van der Waals surface area contributed by atoms with Crippen LogP contribution in [0.1, 0.15) is 0 Å². The van der Waals surface area contributed by atoms with Crippen LogP contribution < -0.4 is 19.5 Å². The van der Waals surface area contributed by atoms with Crippen LogP contribution in [0.5, 0.6) is 11.5 Å². The molecule has 3 aromatic rings. The lowest BCUT2D eigenvalue weighted by Gasteiger charge is -2.21. The standard InChI is InChI=1S/C18H15BrN3O3PS/c19-14-11-12-17(20-13-14)21-18(27)22-26(23,24-15-7-3-1-4-8-15)25-16-9-5-2-6-10-16/h1-13H,(H2,20,21,22,23,27). The maximum Gasteiger partial charge on any atom is 0.543 e. The number of benzene rings is 2. The van der Waals surface area contributed by atoms with E-state index in [0.717, 1.165) is 4.47 Å². The molecule has 138 valence electrons. The minimum absolute atomic E-state index is 0.0556. The summed E-state index contributed by atoms with van der Waals surface area (Å²) in [7, 11) is -3.86. The monoisotopic (exact) mass is 463 g/mol. The second-order valence-corrected chi connectivity index (χ2v) is 8.14. The van der Waals surface area contributed by atoms with Crippen LogP contribution in [-0.4, -0.2) is 10.1 Å². The third kappa shape index (κ3) is 6.06. The predicted octanol–water partition coefficient (Wildman–Crippen LogP) is 5.40. The van der Waals surface area contributed by atoms with Crippen LogP contribution in [0, 0.1) is 0 Å². The summed E-state index contributed by atoms with van der Waals surface area (Å²) in [6, 6.07) is 21.0. The first-order valence-corrected chi connectivity index (χ1v) is 10.6. The van der Waals surface area contributed by atoms with Crippen LogP contribution in [0.2, 0.25) is 0 Å². The molecule has 0 aliphatic rings. The normalized spacial score (nSPS) is 10.7. The van der Waals surface area contributed by atoms with Crippen molar-refractivity contribution in [3.05, 3.63) is 83.5 Å². The van der Waals surface area contributed by atoms with Crippen LogP contribution in [0.25, 0.3) is 0 Å². The molecular weight excluding hydrogens is 449 g/mol. The smallest absolute Gasteiger partial charge is 0.400 e. The summed E-state index contributed by atoms with van der Waals surface area (Å²) in [6.45, 7) is 0. The van der Waals surface area contributed by atoms with Crippen molar-refractivity contribution in [2.24, 2.45) is 0 Å². The Morgan fingerprint density at radius 3 is 1.96 bits per heavy atom. The van der Waals surface area contributed by atoms with Gasteiger partial charge in [0.05, 0.1) is 0 Å². The van der Waals surface area contributed by atoms with Crippen molar-refractivity contribution in [3.63, 3.8) is 0 Å². The highest BCUT2D eigenvalue weighted by atomic mass is 79.9. The minimum Gasteiger partial charge on any atom is -0.400 e. The number of nitrogens with one attached hydrogen (secondary N) is 2. The lowest BCUT2D eigenvalue weighted by atomic mass is 10.3. The number of aromatic nitrogens is 1. The number of halogens is 1. The lowest BCUT2D eigenvalue weighted by Crippen LogP contribution is -2.30. The highest BCUT2D eigenvalue weighted by molar-refractivity contribution is 9.10. The van der Waals surface area contributed by atoms with Crippen molar-refractivity contribution in [2.75, 3.05) is 5.32 Å². The van der Waals surface area contributed by atoms with Gasteiger partial charge in [-0.15, -0.1) is 0 Å². The Labute approximate surface area is 170 Å². The van der Waals surface area contributed by atoms with Gasteiger partial charge in [-0.2, -0.15) is 0 Å². The first-order valence-electron chi connectivity index (χ1n) is 7.83. The number of anilines is 1. The Morgan fingerprint density at radius 2 is 1.48 bits per heavy atom. The summed E-state index contributed by atoms with van der Waals surface area (Å²) in [5.74, 6) is 1.25. The molecule has 0 bridgehead atoms. The maximum absolute atomic E-state index is 13.3. The SMILES string of the molecule is O=P(NC(=S)Nc1ccc(Br)cn1)(Oc1ccccc1)Oc1ccccc1. The van der Waals surface area contributed by atoms with Crippen molar-refractivity contribution in [2.45, 2.75) is 0 Å². The van der Waals surface area contributed by atoms with Crippen LogP contribution >= 0.6 is 35.9 Å². The fourth-order valence-electron chi connectivity index (χ4n) is 2.02. The first-order chi connectivity index (χ1) is 13.0. The minimum atomic E-state index is -3.86. The molecule has 3 rings (SSSR count). The quantitative estimate of drug-likeness (QED) is 0.374. The maximum atomic E-state index is 13.3. The molecule has 0 atom stereocenters. The number of hydrogen-bond acceptors (Lipinski definition) is 5. The highest BCUT2D eigenvalue weighted by Crippen LogP contribution is 2.44. The van der Waals surface area contributed by atoms with Crippen LogP contribution in [0.3, 0.4) is 0 Å². The zero-order valence-corrected chi connectivity index (χ0v) is 17.2. The Bertz CT molecular complexity index is 898. The molecule has 1 aromatic heterocycles. The molecule has 0 amide bonds. The van der Waals surface area contributed by atoms with Gasteiger partial charge in [0.15, 0.2) is 5.11 Å².